The third-order valence-electron chi connectivity index (χ3n) is 4.22. The van der Waals surface area contributed by atoms with E-state index in [0.29, 0.717) is 5.41 Å². The van der Waals surface area contributed by atoms with Gasteiger partial charge >= 0.3 is 0 Å². The lowest BCUT2D eigenvalue weighted by Crippen LogP contribution is -2.28. The van der Waals surface area contributed by atoms with Gasteiger partial charge in [-0.15, -0.1) is 0 Å². The Bertz CT molecular complexity index is 185. The van der Waals surface area contributed by atoms with Crippen LogP contribution in [-0.4, -0.2) is 31.3 Å². The van der Waals surface area contributed by atoms with Gasteiger partial charge in [0.15, 0.2) is 0 Å². The van der Waals surface area contributed by atoms with Crippen molar-refractivity contribution in [2.24, 2.45) is 17.3 Å². The second-order valence-electron chi connectivity index (χ2n) is 6.35. The molecule has 0 aromatic rings. The van der Waals surface area contributed by atoms with Crippen LogP contribution in [0.5, 0.6) is 0 Å². The summed E-state index contributed by atoms with van der Waals surface area (Å²) in [7, 11) is 4.35. The molecule has 0 fully saturated rings. The molecule has 0 aliphatic rings. The van der Waals surface area contributed by atoms with E-state index in [1.165, 1.54) is 32.2 Å². The van der Waals surface area contributed by atoms with Crippen LogP contribution in [-0.2, 0) is 0 Å². The second kappa shape index (κ2) is 8.42. The molecule has 0 aliphatic carbocycles. The van der Waals surface area contributed by atoms with Gasteiger partial charge in [-0.2, -0.15) is 12.6 Å². The van der Waals surface area contributed by atoms with Gasteiger partial charge in [0.2, 0.25) is 0 Å². The van der Waals surface area contributed by atoms with Crippen molar-refractivity contribution in [3.63, 3.8) is 0 Å². The Kier molecular flexibility index (Phi) is 8.57. The van der Waals surface area contributed by atoms with Gasteiger partial charge < -0.3 is 4.90 Å². The van der Waals surface area contributed by atoms with Crippen molar-refractivity contribution in [3.05, 3.63) is 0 Å². The summed E-state index contributed by atoms with van der Waals surface area (Å²) in [5.41, 5.74) is 0.441. The molecule has 0 rings (SSSR count). The molecule has 2 atom stereocenters. The smallest absolute Gasteiger partial charge is 0.000346 e. The largest absolute Gasteiger partial charge is 0.309 e. The maximum absolute atomic E-state index is 4.50. The van der Waals surface area contributed by atoms with E-state index in [1.54, 1.807) is 0 Å². The van der Waals surface area contributed by atoms with Gasteiger partial charge in [0, 0.05) is 6.54 Å². The Morgan fingerprint density at radius 1 is 1.12 bits per heavy atom. The van der Waals surface area contributed by atoms with Crippen LogP contribution < -0.4 is 0 Å². The van der Waals surface area contributed by atoms with E-state index in [2.05, 4.69) is 59.3 Å². The Labute approximate surface area is 115 Å². The molecule has 0 bridgehead atoms. The Morgan fingerprint density at radius 2 is 1.71 bits per heavy atom. The molecule has 0 aromatic carbocycles. The summed E-state index contributed by atoms with van der Waals surface area (Å²) in [6.07, 6.45) is 5.23. The fraction of sp³-hybridized carbons (Fsp3) is 1.00. The predicted molar refractivity (Wildman–Crippen MR) is 83.0 cm³/mol. The lowest BCUT2D eigenvalue weighted by molar-refractivity contribution is 0.181. The molecule has 0 aromatic heterocycles. The lowest BCUT2D eigenvalue weighted by atomic mass is 9.73. The minimum Gasteiger partial charge on any atom is -0.309 e. The number of hydrogen-bond donors (Lipinski definition) is 1. The number of nitrogens with zero attached hydrogens (tertiary/aromatic N) is 1. The molecule has 0 saturated carbocycles. The monoisotopic (exact) mass is 259 g/mol. The molecular weight excluding hydrogens is 226 g/mol. The predicted octanol–water partition coefficient (Wildman–Crippen LogP) is 4.34. The van der Waals surface area contributed by atoms with Gasteiger partial charge in [0.1, 0.15) is 0 Å². The molecule has 0 aliphatic heterocycles. The molecule has 0 saturated heterocycles. The van der Waals surface area contributed by atoms with E-state index in [1.807, 2.05) is 0 Å². The van der Waals surface area contributed by atoms with Crippen LogP contribution in [0.1, 0.15) is 53.4 Å². The van der Waals surface area contributed by atoms with Crippen molar-refractivity contribution in [1.82, 2.24) is 4.90 Å². The highest BCUT2D eigenvalue weighted by Gasteiger charge is 2.27. The zero-order valence-electron chi connectivity index (χ0n) is 12.8. The minimum atomic E-state index is 0.441. The molecule has 104 valence electrons. The lowest BCUT2D eigenvalue weighted by Gasteiger charge is -2.34. The molecule has 0 spiro atoms. The van der Waals surface area contributed by atoms with Crippen LogP contribution in [0.3, 0.4) is 0 Å². The normalized spacial score (nSPS) is 16.2. The first-order chi connectivity index (χ1) is 7.87. The standard InChI is InChI=1S/C15H33NS/c1-7-13(11-16(5)6)9-10-15(3,4)14(8-2)12-17/h13-14,17H,7-12H2,1-6H3. The molecule has 0 amide bonds. The summed E-state index contributed by atoms with van der Waals surface area (Å²) < 4.78 is 0. The molecule has 2 heteroatoms. The van der Waals surface area contributed by atoms with Crippen LogP contribution in [0.25, 0.3) is 0 Å². The second-order valence-corrected chi connectivity index (χ2v) is 6.72. The van der Waals surface area contributed by atoms with E-state index >= 15 is 0 Å². The summed E-state index contributed by atoms with van der Waals surface area (Å²) in [4.78, 5) is 2.32. The third-order valence-corrected chi connectivity index (χ3v) is 4.66. The van der Waals surface area contributed by atoms with E-state index in [-0.39, 0.29) is 0 Å². The van der Waals surface area contributed by atoms with Crippen molar-refractivity contribution >= 4 is 12.6 Å². The van der Waals surface area contributed by atoms with E-state index in [4.69, 9.17) is 0 Å². The van der Waals surface area contributed by atoms with Crippen LogP contribution >= 0.6 is 12.6 Å². The first kappa shape index (κ1) is 17.3. The highest BCUT2D eigenvalue weighted by molar-refractivity contribution is 7.80. The van der Waals surface area contributed by atoms with Crippen LogP contribution in [0, 0.1) is 17.3 Å². The van der Waals surface area contributed by atoms with Gasteiger partial charge in [0.05, 0.1) is 0 Å². The van der Waals surface area contributed by atoms with Crippen molar-refractivity contribution < 1.29 is 0 Å². The van der Waals surface area contributed by atoms with Gasteiger partial charge in [-0.1, -0.05) is 40.5 Å². The highest BCUT2D eigenvalue weighted by atomic mass is 32.1. The van der Waals surface area contributed by atoms with Crippen LogP contribution in [0.15, 0.2) is 0 Å². The molecular formula is C15H33NS. The Balaban J connectivity index is 4.22. The quantitative estimate of drug-likeness (QED) is 0.603. The first-order valence-electron chi connectivity index (χ1n) is 7.12. The summed E-state index contributed by atoms with van der Waals surface area (Å²) in [5.74, 6) is 2.62. The van der Waals surface area contributed by atoms with Gasteiger partial charge in [0.25, 0.3) is 0 Å². The zero-order chi connectivity index (χ0) is 13.5. The maximum Gasteiger partial charge on any atom is 0.000346 e. The van der Waals surface area contributed by atoms with E-state index in [0.717, 1.165) is 17.6 Å². The third kappa shape index (κ3) is 6.71. The van der Waals surface area contributed by atoms with Gasteiger partial charge in [-0.3, -0.25) is 0 Å². The van der Waals surface area contributed by atoms with Gasteiger partial charge in [-0.25, -0.2) is 0 Å². The minimum absolute atomic E-state index is 0.441. The topological polar surface area (TPSA) is 3.24 Å². The Hall–Kier alpha value is 0.310. The fourth-order valence-electron chi connectivity index (χ4n) is 2.65. The number of rotatable bonds is 9. The molecule has 0 radical (unpaired) electrons. The van der Waals surface area contributed by atoms with Crippen molar-refractivity contribution in [2.45, 2.75) is 53.4 Å². The zero-order valence-corrected chi connectivity index (χ0v) is 13.7. The summed E-state index contributed by atoms with van der Waals surface area (Å²) in [6, 6.07) is 0. The number of hydrogen-bond acceptors (Lipinski definition) is 2. The molecule has 1 nitrogen and oxygen atoms in total. The molecule has 0 N–H and O–H groups in total. The van der Waals surface area contributed by atoms with Gasteiger partial charge in [-0.05, 0) is 49.9 Å². The molecule has 2 unspecified atom stereocenters. The van der Waals surface area contributed by atoms with E-state index in [9.17, 15) is 0 Å². The van der Waals surface area contributed by atoms with Crippen molar-refractivity contribution in [3.8, 4) is 0 Å². The summed E-state index contributed by atoms with van der Waals surface area (Å²) in [5, 5.41) is 0. The van der Waals surface area contributed by atoms with E-state index < -0.39 is 0 Å². The number of thiol groups is 1. The summed E-state index contributed by atoms with van der Waals surface area (Å²) >= 11 is 4.50. The van der Waals surface area contributed by atoms with Crippen LogP contribution in [0.2, 0.25) is 0 Å². The van der Waals surface area contributed by atoms with Crippen molar-refractivity contribution in [1.29, 1.82) is 0 Å². The highest BCUT2D eigenvalue weighted by Crippen LogP contribution is 2.36. The average Bonchev–Trinajstić information content (AvgIpc) is 2.25. The average molecular weight is 260 g/mol. The fourth-order valence-corrected chi connectivity index (χ4v) is 3.40. The Morgan fingerprint density at radius 3 is 2.06 bits per heavy atom. The molecule has 0 heterocycles. The van der Waals surface area contributed by atoms with Crippen LogP contribution in [0.4, 0.5) is 0 Å². The SMILES string of the molecule is CCC(CCC(C)(C)C(CC)CS)CN(C)C. The first-order valence-corrected chi connectivity index (χ1v) is 7.76. The summed E-state index contributed by atoms with van der Waals surface area (Å²) in [6.45, 7) is 10.7. The molecule has 17 heavy (non-hydrogen) atoms. The van der Waals surface area contributed by atoms with Crippen molar-refractivity contribution in [2.75, 3.05) is 26.4 Å². The maximum atomic E-state index is 4.50.